The van der Waals surface area contributed by atoms with Crippen molar-refractivity contribution in [1.82, 2.24) is 14.8 Å². The number of benzene rings is 1. The molecule has 3 aromatic rings. The van der Waals surface area contributed by atoms with Gasteiger partial charge >= 0.3 is 0 Å². The van der Waals surface area contributed by atoms with Crippen LogP contribution in [0.4, 0.5) is 5.00 Å². The summed E-state index contributed by atoms with van der Waals surface area (Å²) in [5, 5.41) is 22.5. The summed E-state index contributed by atoms with van der Waals surface area (Å²) in [4.78, 5) is 14.0. The van der Waals surface area contributed by atoms with E-state index in [-0.39, 0.29) is 17.1 Å². The number of fused-ring (bicyclic) bond motifs is 1. The molecule has 1 aromatic carbocycles. The highest BCUT2D eigenvalue weighted by Crippen LogP contribution is 2.44. The minimum Gasteiger partial charge on any atom is -0.486 e. The molecule has 0 bridgehead atoms. The molecule has 1 unspecified atom stereocenters. The van der Waals surface area contributed by atoms with Crippen molar-refractivity contribution in [3.8, 4) is 11.8 Å². The molecule has 0 radical (unpaired) electrons. The third kappa shape index (κ3) is 5.93. The van der Waals surface area contributed by atoms with Gasteiger partial charge in [-0.25, -0.2) is 0 Å². The second-order valence-electron chi connectivity index (χ2n) is 10.5. The van der Waals surface area contributed by atoms with Crippen molar-refractivity contribution in [2.75, 3.05) is 11.1 Å². The molecule has 2 aromatic heterocycles. The Balaban J connectivity index is 1.36. The van der Waals surface area contributed by atoms with E-state index >= 15 is 0 Å². The van der Waals surface area contributed by atoms with Crippen LogP contribution in [-0.4, -0.2) is 26.4 Å². The van der Waals surface area contributed by atoms with Crippen LogP contribution in [0.2, 0.25) is 0 Å². The van der Waals surface area contributed by atoms with Gasteiger partial charge in [0.1, 0.15) is 23.4 Å². The second-order valence-corrected chi connectivity index (χ2v) is 12.6. The molecule has 1 aliphatic rings. The Hall–Kier alpha value is -2.83. The largest absolute Gasteiger partial charge is 0.486 e. The average Bonchev–Trinajstić information content (AvgIpc) is 3.33. The fourth-order valence-electron chi connectivity index (χ4n) is 4.58. The monoisotopic (exact) mass is 523 g/mol. The van der Waals surface area contributed by atoms with Crippen LogP contribution in [0.5, 0.6) is 5.75 Å². The fourth-order valence-corrected chi connectivity index (χ4v) is 6.61. The summed E-state index contributed by atoms with van der Waals surface area (Å²) in [6.45, 7) is 11.2. The van der Waals surface area contributed by atoms with Gasteiger partial charge in [-0.05, 0) is 73.3 Å². The first-order valence-electron chi connectivity index (χ1n) is 12.1. The van der Waals surface area contributed by atoms with Crippen LogP contribution in [-0.2, 0) is 31.3 Å². The van der Waals surface area contributed by atoms with Gasteiger partial charge in [0.25, 0.3) is 0 Å². The van der Waals surface area contributed by atoms with Gasteiger partial charge in [0.15, 0.2) is 11.0 Å². The molecule has 36 heavy (non-hydrogen) atoms. The molecular formula is C27H33N5O2S2. The van der Waals surface area contributed by atoms with Crippen LogP contribution < -0.4 is 10.1 Å². The molecule has 0 aliphatic heterocycles. The SMILES string of the molecule is Cc1cc(C)cc(OCc2nnc(SCC(=O)Nc3sc4c(c3C#N)CCC(C(C)(C)C)C4)n2C)c1. The Kier molecular flexibility index (Phi) is 7.76. The zero-order chi connectivity index (χ0) is 26.0. The molecule has 1 aliphatic carbocycles. The van der Waals surface area contributed by atoms with E-state index in [1.807, 2.05) is 37.6 Å². The van der Waals surface area contributed by atoms with E-state index in [4.69, 9.17) is 4.74 Å². The summed E-state index contributed by atoms with van der Waals surface area (Å²) in [6, 6.07) is 8.41. The summed E-state index contributed by atoms with van der Waals surface area (Å²) in [7, 11) is 1.87. The van der Waals surface area contributed by atoms with Gasteiger partial charge < -0.3 is 14.6 Å². The number of nitrogens with zero attached hydrogens (tertiary/aromatic N) is 4. The van der Waals surface area contributed by atoms with Crippen molar-refractivity contribution in [3.63, 3.8) is 0 Å². The Morgan fingerprint density at radius 2 is 2.00 bits per heavy atom. The molecule has 1 atom stereocenters. The van der Waals surface area contributed by atoms with Gasteiger partial charge in [-0.3, -0.25) is 4.79 Å². The number of anilines is 1. The Bertz CT molecular complexity index is 1290. The maximum absolute atomic E-state index is 12.8. The zero-order valence-corrected chi connectivity index (χ0v) is 23.4. The van der Waals surface area contributed by atoms with Gasteiger partial charge in [-0.1, -0.05) is 38.6 Å². The molecule has 0 saturated heterocycles. The number of thioether (sulfide) groups is 1. The molecule has 1 amide bonds. The number of nitrogens with one attached hydrogen (secondary N) is 1. The normalized spacial score (nSPS) is 15.3. The average molecular weight is 524 g/mol. The molecule has 0 fully saturated rings. The van der Waals surface area contributed by atoms with Crippen LogP contribution in [0, 0.1) is 36.5 Å². The maximum Gasteiger partial charge on any atom is 0.235 e. The van der Waals surface area contributed by atoms with Crippen molar-refractivity contribution in [2.24, 2.45) is 18.4 Å². The maximum atomic E-state index is 12.8. The molecule has 7 nitrogen and oxygen atoms in total. The highest BCUT2D eigenvalue weighted by atomic mass is 32.2. The van der Waals surface area contributed by atoms with Crippen molar-refractivity contribution in [2.45, 2.75) is 65.6 Å². The number of hydrogen-bond donors (Lipinski definition) is 1. The Morgan fingerprint density at radius 1 is 1.28 bits per heavy atom. The molecule has 9 heteroatoms. The third-order valence-electron chi connectivity index (χ3n) is 6.68. The lowest BCUT2D eigenvalue weighted by atomic mass is 9.72. The summed E-state index contributed by atoms with van der Waals surface area (Å²) < 4.78 is 7.75. The van der Waals surface area contributed by atoms with Crippen molar-refractivity contribution >= 4 is 34.0 Å². The van der Waals surface area contributed by atoms with E-state index in [0.29, 0.717) is 34.1 Å². The highest BCUT2D eigenvalue weighted by molar-refractivity contribution is 7.99. The van der Waals surface area contributed by atoms with E-state index in [1.54, 1.807) is 11.3 Å². The number of ether oxygens (including phenoxy) is 1. The van der Waals surface area contributed by atoms with E-state index in [2.05, 4.69) is 48.4 Å². The van der Waals surface area contributed by atoms with E-state index in [0.717, 1.165) is 41.7 Å². The van der Waals surface area contributed by atoms with E-state index < -0.39 is 0 Å². The molecule has 190 valence electrons. The second kappa shape index (κ2) is 10.7. The number of thiophene rings is 1. The van der Waals surface area contributed by atoms with Gasteiger partial charge in [-0.2, -0.15) is 5.26 Å². The van der Waals surface area contributed by atoms with Crippen molar-refractivity contribution in [3.05, 3.63) is 51.2 Å². The highest BCUT2D eigenvalue weighted by Gasteiger charge is 2.32. The zero-order valence-electron chi connectivity index (χ0n) is 21.8. The number of rotatable bonds is 7. The Morgan fingerprint density at radius 3 is 2.67 bits per heavy atom. The topological polar surface area (TPSA) is 92.8 Å². The number of aryl methyl sites for hydroxylation is 2. The third-order valence-corrected chi connectivity index (χ3v) is 8.87. The van der Waals surface area contributed by atoms with Crippen LogP contribution in [0.3, 0.4) is 0 Å². The van der Waals surface area contributed by atoms with E-state index in [9.17, 15) is 10.1 Å². The first kappa shape index (κ1) is 26.2. The lowest BCUT2D eigenvalue weighted by Crippen LogP contribution is -2.26. The number of hydrogen-bond acceptors (Lipinski definition) is 7. The molecule has 1 N–H and O–H groups in total. The summed E-state index contributed by atoms with van der Waals surface area (Å²) in [5.74, 6) is 2.09. The predicted octanol–water partition coefficient (Wildman–Crippen LogP) is 5.83. The minimum atomic E-state index is -0.154. The van der Waals surface area contributed by atoms with Crippen molar-refractivity contribution in [1.29, 1.82) is 5.26 Å². The number of amides is 1. The van der Waals surface area contributed by atoms with Crippen molar-refractivity contribution < 1.29 is 9.53 Å². The predicted molar refractivity (Wildman–Crippen MR) is 145 cm³/mol. The number of carbonyl (C=O) groups is 1. The van der Waals surface area contributed by atoms with Gasteiger partial charge in [-0.15, -0.1) is 21.5 Å². The van der Waals surface area contributed by atoms with Gasteiger partial charge in [0.2, 0.25) is 5.91 Å². The van der Waals surface area contributed by atoms with Gasteiger partial charge in [0, 0.05) is 11.9 Å². The van der Waals surface area contributed by atoms with E-state index in [1.165, 1.54) is 16.6 Å². The van der Waals surface area contributed by atoms with Crippen LogP contribution in [0.25, 0.3) is 0 Å². The first-order chi connectivity index (χ1) is 17.0. The molecule has 0 saturated carbocycles. The van der Waals surface area contributed by atoms with Crippen LogP contribution in [0.15, 0.2) is 23.4 Å². The number of nitriles is 1. The number of carbonyl (C=O) groups excluding carboxylic acids is 1. The lowest BCUT2D eigenvalue weighted by Gasteiger charge is -2.33. The number of aromatic nitrogens is 3. The molecule has 2 heterocycles. The fraction of sp³-hybridized carbons (Fsp3) is 0.481. The summed E-state index contributed by atoms with van der Waals surface area (Å²) in [5.41, 5.74) is 4.27. The molecular weight excluding hydrogens is 490 g/mol. The standard InChI is InChI=1S/C27H33N5O2S2/c1-16-9-17(2)11-19(10-16)34-14-23-30-31-26(32(23)6)35-15-24(33)29-25-21(13-28)20-8-7-18(27(3,4)5)12-22(20)36-25/h9-11,18H,7-8,12,14-15H2,1-6H3,(H,29,33). The quantitative estimate of drug-likeness (QED) is 0.392. The summed E-state index contributed by atoms with van der Waals surface area (Å²) >= 11 is 2.87. The first-order valence-corrected chi connectivity index (χ1v) is 13.9. The molecule has 4 rings (SSSR count). The van der Waals surface area contributed by atoms with Crippen LogP contribution >= 0.6 is 23.1 Å². The van der Waals surface area contributed by atoms with Crippen LogP contribution in [0.1, 0.15) is 60.1 Å². The lowest BCUT2D eigenvalue weighted by molar-refractivity contribution is -0.113. The Labute approximate surface area is 221 Å². The van der Waals surface area contributed by atoms with Gasteiger partial charge in [0.05, 0.1) is 11.3 Å². The summed E-state index contributed by atoms with van der Waals surface area (Å²) in [6.07, 6.45) is 2.94. The molecule has 0 spiro atoms. The minimum absolute atomic E-state index is 0.154. The smallest absolute Gasteiger partial charge is 0.235 e.